The lowest BCUT2D eigenvalue weighted by Crippen LogP contribution is -2.12. The monoisotopic (exact) mass is 239 g/mol. The van der Waals surface area contributed by atoms with Crippen molar-refractivity contribution >= 4 is 17.6 Å². The topological polar surface area (TPSA) is 47.0 Å². The van der Waals surface area contributed by atoms with E-state index in [0.717, 1.165) is 23.8 Å². The summed E-state index contributed by atoms with van der Waals surface area (Å²) in [6.07, 6.45) is 7.14. The molecule has 1 aromatic rings. The molecule has 88 valence electrons. The van der Waals surface area contributed by atoms with Crippen molar-refractivity contribution in [2.45, 2.75) is 36.9 Å². The Labute approximate surface area is 100 Å². The molecule has 1 saturated carbocycles. The number of aromatic nitrogens is 2. The average molecular weight is 239 g/mol. The minimum absolute atomic E-state index is 0.342. The summed E-state index contributed by atoms with van der Waals surface area (Å²) >= 11 is 1.53. The summed E-state index contributed by atoms with van der Waals surface area (Å²) in [5.41, 5.74) is 0. The van der Waals surface area contributed by atoms with Gasteiger partial charge in [-0.15, -0.1) is 0 Å². The Morgan fingerprint density at radius 3 is 2.75 bits per heavy atom. The fourth-order valence-electron chi connectivity index (χ4n) is 1.86. The fourth-order valence-corrected chi connectivity index (χ4v) is 2.23. The predicted octanol–water partition coefficient (Wildman–Crippen LogP) is 2.56. The Hall–Kier alpha value is -0.970. The first kappa shape index (κ1) is 11.5. The van der Waals surface area contributed by atoms with Gasteiger partial charge in [0.2, 0.25) is 5.88 Å². The zero-order valence-corrected chi connectivity index (χ0v) is 10.5. The first-order valence-electron chi connectivity index (χ1n) is 5.59. The van der Waals surface area contributed by atoms with Crippen molar-refractivity contribution in [3.63, 3.8) is 0 Å². The Morgan fingerprint density at radius 1 is 1.38 bits per heavy atom. The molecule has 16 heavy (non-hydrogen) atoms. The Balaban J connectivity index is 2.12. The zero-order valence-electron chi connectivity index (χ0n) is 9.69. The third-order valence-corrected chi connectivity index (χ3v) is 3.26. The smallest absolute Gasteiger partial charge is 0.219 e. The molecule has 0 spiro atoms. The van der Waals surface area contributed by atoms with E-state index in [1.54, 1.807) is 0 Å². The van der Waals surface area contributed by atoms with Crippen molar-refractivity contribution < 1.29 is 4.74 Å². The molecule has 0 atom stereocenters. The van der Waals surface area contributed by atoms with Gasteiger partial charge in [-0.1, -0.05) is 11.8 Å². The van der Waals surface area contributed by atoms with E-state index in [2.05, 4.69) is 15.3 Å². The van der Waals surface area contributed by atoms with E-state index >= 15 is 0 Å². The van der Waals surface area contributed by atoms with Crippen LogP contribution < -0.4 is 10.1 Å². The first-order chi connectivity index (χ1) is 7.81. The molecule has 1 N–H and O–H groups in total. The summed E-state index contributed by atoms with van der Waals surface area (Å²) in [4.78, 5) is 8.66. The molecule has 1 aromatic heterocycles. The van der Waals surface area contributed by atoms with Crippen molar-refractivity contribution in [3.8, 4) is 5.88 Å². The lowest BCUT2D eigenvalue weighted by Gasteiger charge is -2.13. The van der Waals surface area contributed by atoms with E-state index in [0.29, 0.717) is 12.0 Å². The van der Waals surface area contributed by atoms with Crippen LogP contribution in [0.25, 0.3) is 0 Å². The van der Waals surface area contributed by atoms with E-state index in [9.17, 15) is 0 Å². The standard InChI is InChI=1S/C11H17N3OS/c1-12-9-7-10(14-11(13-9)16-2)15-8-5-3-4-6-8/h7-8H,3-6H2,1-2H3,(H,12,13,14). The molecule has 1 heterocycles. The normalized spacial score (nSPS) is 16.4. The zero-order chi connectivity index (χ0) is 11.4. The summed E-state index contributed by atoms with van der Waals surface area (Å²) in [7, 11) is 1.85. The highest BCUT2D eigenvalue weighted by Gasteiger charge is 2.17. The molecule has 0 amide bonds. The number of hydrogen-bond acceptors (Lipinski definition) is 5. The average Bonchev–Trinajstić information content (AvgIpc) is 2.81. The minimum Gasteiger partial charge on any atom is -0.474 e. The van der Waals surface area contributed by atoms with Gasteiger partial charge in [0.15, 0.2) is 5.16 Å². The summed E-state index contributed by atoms with van der Waals surface area (Å²) in [5, 5.41) is 3.77. The molecule has 0 bridgehead atoms. The lowest BCUT2D eigenvalue weighted by molar-refractivity contribution is 0.199. The maximum absolute atomic E-state index is 5.86. The van der Waals surface area contributed by atoms with Gasteiger partial charge < -0.3 is 10.1 Å². The summed E-state index contributed by atoms with van der Waals surface area (Å²) < 4.78 is 5.86. The Kier molecular flexibility index (Phi) is 3.88. The van der Waals surface area contributed by atoms with Gasteiger partial charge in [-0.2, -0.15) is 4.98 Å². The van der Waals surface area contributed by atoms with E-state index in [-0.39, 0.29) is 0 Å². The van der Waals surface area contributed by atoms with E-state index in [1.807, 2.05) is 19.4 Å². The SMILES string of the molecule is CNc1cc(OC2CCCC2)nc(SC)n1. The molecule has 0 radical (unpaired) electrons. The van der Waals surface area contributed by atoms with E-state index in [1.165, 1.54) is 24.6 Å². The fraction of sp³-hybridized carbons (Fsp3) is 0.636. The third kappa shape index (κ3) is 2.78. The number of anilines is 1. The van der Waals surface area contributed by atoms with Crippen molar-refractivity contribution in [2.75, 3.05) is 18.6 Å². The molecule has 1 aliphatic carbocycles. The van der Waals surface area contributed by atoms with Crippen LogP contribution in [0.15, 0.2) is 11.2 Å². The number of nitrogens with one attached hydrogen (secondary N) is 1. The van der Waals surface area contributed by atoms with Gasteiger partial charge in [0.1, 0.15) is 11.9 Å². The highest BCUT2D eigenvalue weighted by molar-refractivity contribution is 7.98. The van der Waals surface area contributed by atoms with Gasteiger partial charge in [-0.25, -0.2) is 4.98 Å². The first-order valence-corrected chi connectivity index (χ1v) is 6.82. The second-order valence-electron chi connectivity index (χ2n) is 3.85. The van der Waals surface area contributed by atoms with Gasteiger partial charge in [0, 0.05) is 13.1 Å². The Morgan fingerprint density at radius 2 is 2.12 bits per heavy atom. The maximum atomic E-state index is 5.86. The lowest BCUT2D eigenvalue weighted by atomic mass is 10.3. The number of hydrogen-bond donors (Lipinski definition) is 1. The molecule has 4 nitrogen and oxygen atoms in total. The van der Waals surface area contributed by atoms with Crippen LogP contribution in [-0.2, 0) is 0 Å². The highest BCUT2D eigenvalue weighted by atomic mass is 32.2. The van der Waals surface area contributed by atoms with Crippen LogP contribution in [0.1, 0.15) is 25.7 Å². The van der Waals surface area contributed by atoms with E-state index in [4.69, 9.17) is 4.74 Å². The van der Waals surface area contributed by atoms with Crippen molar-refractivity contribution in [1.29, 1.82) is 0 Å². The molecule has 5 heteroatoms. The summed E-state index contributed by atoms with van der Waals surface area (Å²) in [6, 6.07) is 1.86. The maximum Gasteiger partial charge on any atom is 0.219 e. The summed E-state index contributed by atoms with van der Waals surface area (Å²) in [6.45, 7) is 0. The Bertz CT molecular complexity index is 331. The number of rotatable bonds is 4. The minimum atomic E-state index is 0.342. The second-order valence-corrected chi connectivity index (χ2v) is 4.63. The highest BCUT2D eigenvalue weighted by Crippen LogP contribution is 2.25. The van der Waals surface area contributed by atoms with Crippen LogP contribution in [0.2, 0.25) is 0 Å². The molecule has 0 aromatic carbocycles. The van der Waals surface area contributed by atoms with Gasteiger partial charge in [-0.3, -0.25) is 0 Å². The number of thioether (sulfide) groups is 1. The molecular weight excluding hydrogens is 222 g/mol. The van der Waals surface area contributed by atoms with Crippen LogP contribution in [0.3, 0.4) is 0 Å². The molecule has 0 aliphatic heterocycles. The molecule has 1 aliphatic rings. The van der Waals surface area contributed by atoms with Gasteiger partial charge >= 0.3 is 0 Å². The van der Waals surface area contributed by atoms with Crippen LogP contribution >= 0.6 is 11.8 Å². The molecule has 0 unspecified atom stereocenters. The molecule has 2 rings (SSSR count). The predicted molar refractivity (Wildman–Crippen MR) is 66.2 cm³/mol. The van der Waals surface area contributed by atoms with Crippen molar-refractivity contribution in [1.82, 2.24) is 9.97 Å². The largest absolute Gasteiger partial charge is 0.474 e. The molecule has 0 saturated heterocycles. The second kappa shape index (κ2) is 5.39. The van der Waals surface area contributed by atoms with Gasteiger partial charge in [-0.05, 0) is 31.9 Å². The number of nitrogens with zero attached hydrogens (tertiary/aromatic N) is 2. The quantitative estimate of drug-likeness (QED) is 0.646. The van der Waals surface area contributed by atoms with Crippen LogP contribution in [-0.4, -0.2) is 29.4 Å². The molecule has 1 fully saturated rings. The third-order valence-electron chi connectivity index (χ3n) is 2.71. The molecular formula is C11H17N3OS. The van der Waals surface area contributed by atoms with Crippen LogP contribution in [0.5, 0.6) is 5.88 Å². The van der Waals surface area contributed by atoms with Gasteiger partial charge in [0.25, 0.3) is 0 Å². The number of ether oxygens (including phenoxy) is 1. The van der Waals surface area contributed by atoms with Gasteiger partial charge in [0.05, 0.1) is 0 Å². The van der Waals surface area contributed by atoms with Crippen molar-refractivity contribution in [2.24, 2.45) is 0 Å². The van der Waals surface area contributed by atoms with Crippen molar-refractivity contribution in [3.05, 3.63) is 6.07 Å². The van der Waals surface area contributed by atoms with Crippen LogP contribution in [0.4, 0.5) is 5.82 Å². The van der Waals surface area contributed by atoms with Crippen LogP contribution in [0, 0.1) is 0 Å². The van der Waals surface area contributed by atoms with E-state index < -0.39 is 0 Å². The summed E-state index contributed by atoms with van der Waals surface area (Å²) in [5.74, 6) is 1.50.